The number of hydrogen-bond donors (Lipinski definition) is 1. The lowest BCUT2D eigenvalue weighted by Crippen LogP contribution is -2.30. The fraction of sp³-hybridized carbons (Fsp3) is 0.500. The second-order valence-electron chi connectivity index (χ2n) is 5.90. The van der Waals surface area contributed by atoms with E-state index in [1.54, 1.807) is 11.3 Å². The smallest absolute Gasteiger partial charge is 0.266 e. The molecule has 1 aliphatic rings. The highest BCUT2D eigenvalue weighted by atomic mass is 32.1. The van der Waals surface area contributed by atoms with Crippen LogP contribution in [-0.4, -0.2) is 27.3 Å². The molecule has 3 heterocycles. The molecule has 1 saturated heterocycles. The Hall–Kier alpha value is -1.62. The number of hydrogen-bond acceptors (Lipinski definition) is 3. The van der Waals surface area contributed by atoms with Crippen LogP contribution in [-0.2, 0) is 0 Å². The number of amides is 1. The summed E-state index contributed by atoms with van der Waals surface area (Å²) < 4.78 is 0. The third kappa shape index (κ3) is 2.62. The summed E-state index contributed by atoms with van der Waals surface area (Å²) in [5.41, 5.74) is 2.00. The van der Waals surface area contributed by atoms with Crippen molar-refractivity contribution in [2.75, 3.05) is 6.54 Å². The monoisotopic (exact) mass is 303 g/mol. The van der Waals surface area contributed by atoms with Crippen molar-refractivity contribution >= 4 is 17.2 Å². The molecule has 0 radical (unpaired) electrons. The predicted molar refractivity (Wildman–Crippen MR) is 84.7 cm³/mol. The third-order valence-electron chi connectivity index (χ3n) is 4.00. The van der Waals surface area contributed by atoms with Gasteiger partial charge >= 0.3 is 0 Å². The summed E-state index contributed by atoms with van der Waals surface area (Å²) in [5.74, 6) is 0.502. The molecule has 1 atom stereocenters. The van der Waals surface area contributed by atoms with Gasteiger partial charge in [-0.1, -0.05) is 13.8 Å². The Bertz CT molecular complexity index is 630. The predicted octanol–water partition coefficient (Wildman–Crippen LogP) is 3.88. The second-order valence-corrected chi connectivity index (χ2v) is 6.93. The molecule has 0 aromatic carbocycles. The van der Waals surface area contributed by atoms with Crippen LogP contribution in [0.5, 0.6) is 0 Å². The van der Waals surface area contributed by atoms with E-state index >= 15 is 0 Å². The molecule has 1 fully saturated rings. The summed E-state index contributed by atoms with van der Waals surface area (Å²) in [6, 6.07) is 4.23. The minimum atomic E-state index is 0.133. The summed E-state index contributed by atoms with van der Waals surface area (Å²) >= 11 is 1.55. The average molecular weight is 303 g/mol. The quantitative estimate of drug-likeness (QED) is 0.935. The molecular weight excluding hydrogens is 282 g/mol. The minimum Gasteiger partial charge on any atom is -0.363 e. The maximum absolute atomic E-state index is 12.9. The molecule has 1 amide bonds. The van der Waals surface area contributed by atoms with Crippen LogP contribution in [0, 0.1) is 6.92 Å². The van der Waals surface area contributed by atoms with Crippen LogP contribution in [0.25, 0.3) is 0 Å². The Balaban J connectivity index is 1.87. The summed E-state index contributed by atoms with van der Waals surface area (Å²) in [6.07, 6.45) is 4.01. The molecule has 2 aromatic rings. The van der Waals surface area contributed by atoms with Crippen molar-refractivity contribution < 1.29 is 4.79 Å². The minimum absolute atomic E-state index is 0.133. The zero-order valence-electron chi connectivity index (χ0n) is 12.7. The Morgan fingerprint density at radius 1 is 1.52 bits per heavy atom. The van der Waals surface area contributed by atoms with Crippen molar-refractivity contribution in [2.24, 2.45) is 0 Å². The van der Waals surface area contributed by atoms with Crippen molar-refractivity contribution in [1.82, 2.24) is 14.9 Å². The molecule has 2 aromatic heterocycles. The SMILES string of the molecule is Cc1nc(C(C)C)sc1C(=O)N1CCCC1c1ccc[nH]1. The number of rotatable bonds is 3. The Morgan fingerprint density at radius 2 is 2.33 bits per heavy atom. The van der Waals surface area contributed by atoms with Crippen molar-refractivity contribution in [1.29, 1.82) is 0 Å². The number of carbonyl (C=O) groups excluding carboxylic acids is 1. The van der Waals surface area contributed by atoms with Gasteiger partial charge in [0.1, 0.15) is 4.88 Å². The van der Waals surface area contributed by atoms with Crippen molar-refractivity contribution in [3.05, 3.63) is 39.6 Å². The standard InChI is InChI=1S/C16H21N3OS/c1-10(2)15-18-11(3)14(21-15)16(20)19-9-5-7-13(19)12-6-4-8-17-12/h4,6,8,10,13,17H,5,7,9H2,1-3H3. The van der Waals surface area contributed by atoms with Gasteiger partial charge in [-0.2, -0.15) is 0 Å². The van der Waals surface area contributed by atoms with Crippen LogP contribution in [0.2, 0.25) is 0 Å². The van der Waals surface area contributed by atoms with Crippen LogP contribution in [0.3, 0.4) is 0 Å². The normalized spacial score (nSPS) is 18.7. The number of aryl methyl sites for hydroxylation is 1. The Morgan fingerprint density at radius 3 is 2.95 bits per heavy atom. The first-order valence-electron chi connectivity index (χ1n) is 7.49. The topological polar surface area (TPSA) is 49.0 Å². The van der Waals surface area contributed by atoms with Crippen LogP contribution in [0.15, 0.2) is 18.3 Å². The second kappa shape index (κ2) is 5.64. The van der Waals surface area contributed by atoms with Crippen LogP contribution < -0.4 is 0 Å². The number of aromatic amines is 1. The van der Waals surface area contributed by atoms with Gasteiger partial charge in [-0.15, -0.1) is 11.3 Å². The lowest BCUT2D eigenvalue weighted by molar-refractivity contribution is 0.0737. The highest BCUT2D eigenvalue weighted by Crippen LogP contribution is 2.34. The first kappa shape index (κ1) is 14.3. The van der Waals surface area contributed by atoms with Crippen molar-refractivity contribution in [3.63, 3.8) is 0 Å². The average Bonchev–Trinajstić information content (AvgIpc) is 3.17. The zero-order valence-corrected chi connectivity index (χ0v) is 13.5. The van der Waals surface area contributed by atoms with Crippen molar-refractivity contribution in [3.8, 4) is 0 Å². The lowest BCUT2D eigenvalue weighted by Gasteiger charge is -2.23. The Labute approximate surface area is 129 Å². The largest absolute Gasteiger partial charge is 0.363 e. The molecule has 21 heavy (non-hydrogen) atoms. The van der Waals surface area contributed by atoms with E-state index < -0.39 is 0 Å². The summed E-state index contributed by atoms with van der Waals surface area (Å²) in [4.78, 5) is 23.5. The lowest BCUT2D eigenvalue weighted by atomic mass is 10.1. The number of carbonyl (C=O) groups is 1. The molecule has 112 valence electrons. The van der Waals surface area contributed by atoms with E-state index in [4.69, 9.17) is 0 Å². The molecule has 1 unspecified atom stereocenters. The number of nitrogens with one attached hydrogen (secondary N) is 1. The molecular formula is C16H21N3OS. The number of thiazole rings is 1. The van der Waals surface area contributed by atoms with Crippen LogP contribution in [0.4, 0.5) is 0 Å². The summed E-state index contributed by atoms with van der Waals surface area (Å²) in [5, 5.41) is 1.05. The molecule has 0 bridgehead atoms. The molecule has 1 aliphatic heterocycles. The highest BCUT2D eigenvalue weighted by molar-refractivity contribution is 7.13. The van der Waals surface area contributed by atoms with Gasteiger partial charge in [0.25, 0.3) is 5.91 Å². The third-order valence-corrected chi connectivity index (χ3v) is 5.44. The fourth-order valence-electron chi connectivity index (χ4n) is 2.88. The van der Waals surface area contributed by atoms with E-state index in [0.717, 1.165) is 40.7 Å². The highest BCUT2D eigenvalue weighted by Gasteiger charge is 2.33. The van der Waals surface area contributed by atoms with Crippen LogP contribution >= 0.6 is 11.3 Å². The van der Waals surface area contributed by atoms with Crippen LogP contribution in [0.1, 0.15) is 64.7 Å². The first-order chi connectivity index (χ1) is 10.1. The van der Waals surface area contributed by atoms with Gasteiger partial charge in [-0.3, -0.25) is 4.79 Å². The van der Waals surface area contributed by atoms with E-state index in [2.05, 4.69) is 29.9 Å². The van der Waals surface area contributed by atoms with E-state index in [0.29, 0.717) is 5.92 Å². The zero-order chi connectivity index (χ0) is 15.0. The summed E-state index contributed by atoms with van der Waals surface area (Å²) in [7, 11) is 0. The van der Waals surface area contributed by atoms with Gasteiger partial charge in [0.15, 0.2) is 0 Å². The number of aromatic nitrogens is 2. The van der Waals surface area contributed by atoms with Crippen molar-refractivity contribution in [2.45, 2.75) is 45.6 Å². The molecule has 5 heteroatoms. The van der Waals surface area contributed by atoms with E-state index in [9.17, 15) is 4.79 Å². The number of nitrogens with zero attached hydrogens (tertiary/aromatic N) is 2. The van der Waals surface area contributed by atoms with Gasteiger partial charge in [0.2, 0.25) is 0 Å². The molecule has 4 nitrogen and oxygen atoms in total. The van der Waals surface area contributed by atoms with E-state index in [1.165, 1.54) is 0 Å². The maximum Gasteiger partial charge on any atom is 0.266 e. The summed E-state index contributed by atoms with van der Waals surface area (Å²) in [6.45, 7) is 7.00. The van der Waals surface area contributed by atoms with Gasteiger partial charge in [0.05, 0.1) is 16.7 Å². The van der Waals surface area contributed by atoms with Gasteiger partial charge in [-0.25, -0.2) is 4.98 Å². The number of likely N-dealkylation sites (tertiary alicyclic amines) is 1. The fourth-order valence-corrected chi connectivity index (χ4v) is 3.90. The number of H-pyrrole nitrogens is 1. The molecule has 3 rings (SSSR count). The first-order valence-corrected chi connectivity index (χ1v) is 8.31. The molecule has 0 saturated carbocycles. The molecule has 0 aliphatic carbocycles. The van der Waals surface area contributed by atoms with Gasteiger partial charge in [-0.05, 0) is 31.9 Å². The van der Waals surface area contributed by atoms with Gasteiger partial charge in [0, 0.05) is 24.4 Å². The molecule has 0 spiro atoms. The van der Waals surface area contributed by atoms with E-state index in [1.807, 2.05) is 24.1 Å². The molecule has 1 N–H and O–H groups in total. The maximum atomic E-state index is 12.9. The Kier molecular flexibility index (Phi) is 3.85. The van der Waals surface area contributed by atoms with E-state index in [-0.39, 0.29) is 11.9 Å². The van der Waals surface area contributed by atoms with Gasteiger partial charge < -0.3 is 9.88 Å².